The molecule has 0 aliphatic carbocycles. The fourth-order valence-electron chi connectivity index (χ4n) is 2.03. The number of anilines is 1. The molecule has 0 spiro atoms. The van der Waals surface area contributed by atoms with E-state index in [1.807, 2.05) is 13.0 Å². The van der Waals surface area contributed by atoms with E-state index in [2.05, 4.69) is 38.2 Å². The Balaban J connectivity index is 2.40. The van der Waals surface area contributed by atoms with Crippen LogP contribution in [-0.4, -0.2) is 5.91 Å². The molecule has 1 aromatic carbocycles. The smallest absolute Gasteiger partial charge is 0.227 e. The van der Waals surface area contributed by atoms with Crippen LogP contribution in [-0.2, 0) is 16.6 Å². The standard InChI is InChI=1S/C14H19NO/c1-9-7-10-8-11(14(2,3)4)5-6-12(10)15-13(9)16/h5-6,8-9H,7H2,1-4H3,(H,15,16). The molecule has 16 heavy (non-hydrogen) atoms. The van der Waals surface area contributed by atoms with E-state index in [0.717, 1.165) is 12.1 Å². The molecule has 2 heteroatoms. The van der Waals surface area contributed by atoms with Gasteiger partial charge in [-0.05, 0) is 29.0 Å². The lowest BCUT2D eigenvalue weighted by molar-refractivity contribution is -0.119. The second-order valence-corrected chi connectivity index (χ2v) is 5.72. The lowest BCUT2D eigenvalue weighted by Gasteiger charge is -2.26. The summed E-state index contributed by atoms with van der Waals surface area (Å²) in [7, 11) is 0. The molecule has 0 saturated carbocycles. The molecular formula is C14H19NO. The van der Waals surface area contributed by atoms with Crippen molar-refractivity contribution in [3.05, 3.63) is 29.3 Å². The van der Waals surface area contributed by atoms with Crippen molar-refractivity contribution in [3.8, 4) is 0 Å². The minimum Gasteiger partial charge on any atom is -0.326 e. The van der Waals surface area contributed by atoms with Crippen molar-refractivity contribution in [1.29, 1.82) is 0 Å². The predicted molar refractivity (Wildman–Crippen MR) is 66.6 cm³/mol. The van der Waals surface area contributed by atoms with E-state index in [1.165, 1.54) is 11.1 Å². The minimum atomic E-state index is 0.0859. The van der Waals surface area contributed by atoms with E-state index in [-0.39, 0.29) is 17.2 Å². The number of benzene rings is 1. The van der Waals surface area contributed by atoms with Gasteiger partial charge in [-0.15, -0.1) is 0 Å². The van der Waals surface area contributed by atoms with Crippen molar-refractivity contribution in [3.63, 3.8) is 0 Å². The zero-order chi connectivity index (χ0) is 11.9. The van der Waals surface area contributed by atoms with Crippen LogP contribution in [0.5, 0.6) is 0 Å². The average Bonchev–Trinajstić information content (AvgIpc) is 2.17. The SMILES string of the molecule is CC1Cc2cc(C(C)(C)C)ccc2NC1=O. The zero-order valence-electron chi connectivity index (χ0n) is 10.4. The molecule has 0 radical (unpaired) electrons. The molecule has 1 unspecified atom stereocenters. The topological polar surface area (TPSA) is 29.1 Å². The number of amides is 1. The highest BCUT2D eigenvalue weighted by Gasteiger charge is 2.23. The Bertz CT molecular complexity index is 429. The number of carbonyl (C=O) groups is 1. The third kappa shape index (κ3) is 1.97. The molecule has 0 bridgehead atoms. The van der Waals surface area contributed by atoms with Crippen LogP contribution < -0.4 is 5.32 Å². The fraction of sp³-hybridized carbons (Fsp3) is 0.500. The van der Waals surface area contributed by atoms with Gasteiger partial charge in [0.25, 0.3) is 0 Å². The summed E-state index contributed by atoms with van der Waals surface area (Å²) >= 11 is 0. The first kappa shape index (κ1) is 11.2. The maximum atomic E-state index is 11.5. The molecule has 1 aliphatic rings. The molecule has 1 amide bonds. The maximum absolute atomic E-state index is 11.5. The van der Waals surface area contributed by atoms with Gasteiger partial charge in [-0.25, -0.2) is 0 Å². The molecule has 2 nitrogen and oxygen atoms in total. The van der Waals surface area contributed by atoms with Gasteiger partial charge in [0.15, 0.2) is 0 Å². The van der Waals surface area contributed by atoms with Crippen molar-refractivity contribution in [2.24, 2.45) is 5.92 Å². The second kappa shape index (κ2) is 3.62. The van der Waals surface area contributed by atoms with Gasteiger partial charge < -0.3 is 5.32 Å². The van der Waals surface area contributed by atoms with Gasteiger partial charge in [-0.2, -0.15) is 0 Å². The molecule has 0 aromatic heterocycles. The van der Waals surface area contributed by atoms with Crippen LogP contribution in [0.25, 0.3) is 0 Å². The van der Waals surface area contributed by atoms with E-state index in [9.17, 15) is 4.79 Å². The number of fused-ring (bicyclic) bond motifs is 1. The number of hydrogen-bond acceptors (Lipinski definition) is 1. The molecule has 86 valence electrons. The summed E-state index contributed by atoms with van der Waals surface area (Å²) in [5.74, 6) is 0.221. The Morgan fingerprint density at radius 1 is 1.31 bits per heavy atom. The monoisotopic (exact) mass is 217 g/mol. The van der Waals surface area contributed by atoms with E-state index in [0.29, 0.717) is 0 Å². The lowest BCUT2D eigenvalue weighted by atomic mass is 9.84. The Morgan fingerprint density at radius 2 is 2.00 bits per heavy atom. The van der Waals surface area contributed by atoms with Crippen molar-refractivity contribution in [1.82, 2.24) is 0 Å². The fourth-order valence-corrected chi connectivity index (χ4v) is 2.03. The Hall–Kier alpha value is -1.31. The van der Waals surface area contributed by atoms with Crippen LogP contribution in [0.2, 0.25) is 0 Å². The maximum Gasteiger partial charge on any atom is 0.227 e. The van der Waals surface area contributed by atoms with Crippen molar-refractivity contribution in [2.75, 3.05) is 5.32 Å². The normalized spacial score (nSPS) is 20.2. The van der Waals surface area contributed by atoms with Gasteiger partial charge in [0, 0.05) is 11.6 Å². The minimum absolute atomic E-state index is 0.0859. The Labute approximate surface area is 97.1 Å². The summed E-state index contributed by atoms with van der Waals surface area (Å²) < 4.78 is 0. The molecule has 1 aliphatic heterocycles. The Morgan fingerprint density at radius 3 is 2.62 bits per heavy atom. The number of carbonyl (C=O) groups excluding carboxylic acids is 1. The number of rotatable bonds is 0. The predicted octanol–water partition coefficient (Wildman–Crippen LogP) is 3.11. The zero-order valence-corrected chi connectivity index (χ0v) is 10.4. The van der Waals surface area contributed by atoms with E-state index in [4.69, 9.17) is 0 Å². The number of nitrogens with one attached hydrogen (secondary N) is 1. The van der Waals surface area contributed by atoms with Crippen LogP contribution in [0.15, 0.2) is 18.2 Å². The van der Waals surface area contributed by atoms with Crippen LogP contribution in [0.4, 0.5) is 5.69 Å². The summed E-state index contributed by atoms with van der Waals surface area (Å²) in [6.07, 6.45) is 0.852. The summed E-state index contributed by atoms with van der Waals surface area (Å²) in [5, 5.41) is 2.95. The average molecular weight is 217 g/mol. The van der Waals surface area contributed by atoms with Crippen LogP contribution in [0.3, 0.4) is 0 Å². The van der Waals surface area contributed by atoms with Crippen molar-refractivity contribution < 1.29 is 4.79 Å². The summed E-state index contributed by atoms with van der Waals surface area (Å²) in [6.45, 7) is 8.60. The molecule has 1 N–H and O–H groups in total. The number of hydrogen-bond donors (Lipinski definition) is 1. The Kier molecular flexibility index (Phi) is 2.53. The van der Waals surface area contributed by atoms with E-state index in [1.54, 1.807) is 0 Å². The molecule has 2 rings (SSSR count). The third-order valence-corrected chi connectivity index (χ3v) is 3.20. The molecule has 1 atom stereocenters. The summed E-state index contributed by atoms with van der Waals surface area (Å²) in [4.78, 5) is 11.5. The first-order valence-corrected chi connectivity index (χ1v) is 5.82. The molecule has 1 aromatic rings. The molecule has 1 heterocycles. The molecular weight excluding hydrogens is 198 g/mol. The first-order valence-electron chi connectivity index (χ1n) is 5.82. The van der Waals surface area contributed by atoms with Crippen LogP contribution >= 0.6 is 0 Å². The first-order chi connectivity index (χ1) is 7.38. The van der Waals surface area contributed by atoms with Gasteiger partial charge >= 0.3 is 0 Å². The summed E-state index contributed by atoms with van der Waals surface area (Å²) in [6, 6.07) is 6.36. The van der Waals surface area contributed by atoms with Crippen molar-refractivity contribution >= 4 is 11.6 Å². The lowest BCUT2D eigenvalue weighted by Crippen LogP contribution is -2.28. The summed E-state index contributed by atoms with van der Waals surface area (Å²) in [5.41, 5.74) is 3.74. The largest absolute Gasteiger partial charge is 0.326 e. The quantitative estimate of drug-likeness (QED) is 0.710. The molecule has 0 fully saturated rings. The highest BCUT2D eigenvalue weighted by Crippen LogP contribution is 2.30. The van der Waals surface area contributed by atoms with E-state index < -0.39 is 0 Å². The van der Waals surface area contributed by atoms with Gasteiger partial charge in [-0.3, -0.25) is 4.79 Å². The van der Waals surface area contributed by atoms with Gasteiger partial charge in [0.2, 0.25) is 5.91 Å². The highest BCUT2D eigenvalue weighted by molar-refractivity contribution is 5.95. The van der Waals surface area contributed by atoms with Gasteiger partial charge in [0.05, 0.1) is 0 Å². The third-order valence-electron chi connectivity index (χ3n) is 3.20. The highest BCUT2D eigenvalue weighted by atomic mass is 16.1. The second-order valence-electron chi connectivity index (χ2n) is 5.72. The van der Waals surface area contributed by atoms with Crippen molar-refractivity contribution in [2.45, 2.75) is 39.5 Å². The molecule has 0 saturated heterocycles. The van der Waals surface area contributed by atoms with Crippen LogP contribution in [0, 0.1) is 5.92 Å². The van der Waals surface area contributed by atoms with Crippen LogP contribution in [0.1, 0.15) is 38.8 Å². The van der Waals surface area contributed by atoms with Gasteiger partial charge in [0.1, 0.15) is 0 Å². The van der Waals surface area contributed by atoms with Gasteiger partial charge in [-0.1, -0.05) is 39.8 Å². The van der Waals surface area contributed by atoms with E-state index >= 15 is 0 Å².